The molecule has 0 spiro atoms. The number of amides is 1. The quantitative estimate of drug-likeness (QED) is 0.810. The summed E-state index contributed by atoms with van der Waals surface area (Å²) in [6.07, 6.45) is 4.10. The maximum atomic E-state index is 12.1. The van der Waals surface area contributed by atoms with E-state index in [0.29, 0.717) is 17.9 Å². The minimum absolute atomic E-state index is 0.108. The van der Waals surface area contributed by atoms with Crippen molar-refractivity contribution in [1.29, 1.82) is 0 Å². The zero-order chi connectivity index (χ0) is 13.8. The first-order valence-corrected chi connectivity index (χ1v) is 7.14. The van der Waals surface area contributed by atoms with Gasteiger partial charge in [0.15, 0.2) is 0 Å². The zero-order valence-electron chi connectivity index (χ0n) is 12.5. The Balaban J connectivity index is 2.03. The van der Waals surface area contributed by atoms with Gasteiger partial charge in [0.05, 0.1) is 0 Å². The highest BCUT2D eigenvalue weighted by molar-refractivity contribution is 5.77. The van der Waals surface area contributed by atoms with Crippen LogP contribution < -0.4 is 11.1 Å². The number of nitrogens with two attached hydrogens (primary N) is 1. The number of nitrogens with one attached hydrogen (secondary N) is 1. The second kappa shape index (κ2) is 3.96. The lowest BCUT2D eigenvalue weighted by Crippen LogP contribution is -2.49. The molecule has 2 aliphatic rings. The number of carbonyl (C=O) groups excluding carboxylic acids is 1. The zero-order valence-corrected chi connectivity index (χ0v) is 12.5. The predicted molar refractivity (Wildman–Crippen MR) is 74.0 cm³/mol. The molecule has 0 aliphatic heterocycles. The van der Waals surface area contributed by atoms with Crippen molar-refractivity contribution in [2.24, 2.45) is 22.5 Å². The summed E-state index contributed by atoms with van der Waals surface area (Å²) in [4.78, 5) is 12.1. The van der Waals surface area contributed by atoms with E-state index in [2.05, 4.69) is 26.1 Å². The van der Waals surface area contributed by atoms with Gasteiger partial charge in [0.1, 0.15) is 0 Å². The van der Waals surface area contributed by atoms with E-state index >= 15 is 0 Å². The molecular weight excluding hydrogens is 224 g/mol. The van der Waals surface area contributed by atoms with E-state index in [4.69, 9.17) is 5.73 Å². The van der Waals surface area contributed by atoms with Gasteiger partial charge in [-0.3, -0.25) is 4.79 Å². The monoisotopic (exact) mass is 252 g/mol. The van der Waals surface area contributed by atoms with Crippen LogP contribution in [0.3, 0.4) is 0 Å². The molecule has 3 N–H and O–H groups in total. The summed E-state index contributed by atoms with van der Waals surface area (Å²) in [5, 5.41) is 3.24. The molecule has 3 atom stereocenters. The number of hydrogen-bond acceptors (Lipinski definition) is 2. The van der Waals surface area contributed by atoms with Gasteiger partial charge in [0, 0.05) is 18.0 Å². The molecule has 1 amide bonds. The van der Waals surface area contributed by atoms with Crippen molar-refractivity contribution < 1.29 is 4.79 Å². The molecule has 104 valence electrons. The van der Waals surface area contributed by atoms with Crippen molar-refractivity contribution >= 4 is 5.91 Å². The van der Waals surface area contributed by atoms with Crippen LogP contribution in [0.2, 0.25) is 0 Å². The predicted octanol–water partition coefficient (Wildman–Crippen LogP) is 2.44. The molecule has 2 rings (SSSR count). The molecule has 18 heavy (non-hydrogen) atoms. The van der Waals surface area contributed by atoms with E-state index in [1.54, 1.807) is 0 Å². The Morgan fingerprint density at radius 1 is 1.39 bits per heavy atom. The molecule has 2 saturated carbocycles. The molecule has 2 aliphatic carbocycles. The fraction of sp³-hybridized carbons (Fsp3) is 0.933. The highest BCUT2D eigenvalue weighted by Crippen LogP contribution is 2.65. The minimum atomic E-state index is -0.419. The summed E-state index contributed by atoms with van der Waals surface area (Å²) in [5.74, 6) is 0.871. The SMILES string of the molecule is CC(C)(N)CC(=O)NC1CC2CCC1(C)C2(C)C. The van der Waals surface area contributed by atoms with Crippen molar-refractivity contribution in [3.8, 4) is 0 Å². The number of carbonyl (C=O) groups is 1. The van der Waals surface area contributed by atoms with Crippen LogP contribution in [0.1, 0.15) is 60.3 Å². The lowest BCUT2D eigenvalue weighted by Gasteiger charge is -2.39. The molecule has 0 aromatic rings. The summed E-state index contributed by atoms with van der Waals surface area (Å²) >= 11 is 0. The third kappa shape index (κ3) is 2.07. The van der Waals surface area contributed by atoms with Crippen molar-refractivity contribution in [1.82, 2.24) is 5.32 Å². The molecule has 3 unspecified atom stereocenters. The summed E-state index contributed by atoms with van der Waals surface area (Å²) in [6.45, 7) is 10.9. The number of fused-ring (bicyclic) bond motifs is 2. The molecule has 3 nitrogen and oxygen atoms in total. The first-order valence-electron chi connectivity index (χ1n) is 7.14. The largest absolute Gasteiger partial charge is 0.353 e. The molecule has 0 saturated heterocycles. The van der Waals surface area contributed by atoms with Gasteiger partial charge in [0.2, 0.25) is 5.91 Å². The maximum absolute atomic E-state index is 12.1. The average Bonchev–Trinajstić information content (AvgIpc) is 2.47. The van der Waals surface area contributed by atoms with Gasteiger partial charge in [-0.15, -0.1) is 0 Å². The second-order valence-electron chi connectivity index (χ2n) is 7.90. The first kappa shape index (κ1) is 13.9. The van der Waals surface area contributed by atoms with Crippen LogP contribution in [-0.2, 0) is 4.79 Å². The number of hydrogen-bond donors (Lipinski definition) is 2. The van der Waals surface area contributed by atoms with Crippen molar-refractivity contribution in [2.45, 2.75) is 71.9 Å². The summed E-state index contributed by atoms with van der Waals surface area (Å²) in [7, 11) is 0. The Morgan fingerprint density at radius 3 is 2.39 bits per heavy atom. The Morgan fingerprint density at radius 2 is 2.00 bits per heavy atom. The average molecular weight is 252 g/mol. The van der Waals surface area contributed by atoms with E-state index in [1.807, 2.05) is 13.8 Å². The van der Waals surface area contributed by atoms with E-state index < -0.39 is 5.54 Å². The van der Waals surface area contributed by atoms with Gasteiger partial charge in [-0.25, -0.2) is 0 Å². The smallest absolute Gasteiger partial charge is 0.222 e. The fourth-order valence-electron chi connectivity index (χ4n) is 4.08. The number of rotatable bonds is 3. The highest BCUT2D eigenvalue weighted by Gasteiger charge is 2.61. The molecule has 3 heteroatoms. The van der Waals surface area contributed by atoms with E-state index in [-0.39, 0.29) is 11.3 Å². The maximum Gasteiger partial charge on any atom is 0.222 e. The third-order valence-electron chi connectivity index (χ3n) is 5.75. The molecule has 2 bridgehead atoms. The molecule has 0 aromatic carbocycles. The van der Waals surface area contributed by atoms with Gasteiger partial charge in [-0.05, 0) is 49.9 Å². The molecule has 0 aromatic heterocycles. The van der Waals surface area contributed by atoms with Crippen LogP contribution in [0.5, 0.6) is 0 Å². The van der Waals surface area contributed by atoms with E-state index in [0.717, 1.165) is 12.3 Å². The third-order valence-corrected chi connectivity index (χ3v) is 5.75. The normalized spacial score (nSPS) is 37.9. The van der Waals surface area contributed by atoms with Crippen molar-refractivity contribution in [2.75, 3.05) is 0 Å². The van der Waals surface area contributed by atoms with Gasteiger partial charge < -0.3 is 11.1 Å². The molecule has 2 fully saturated rings. The van der Waals surface area contributed by atoms with Gasteiger partial charge in [0.25, 0.3) is 0 Å². The summed E-state index contributed by atoms with van der Waals surface area (Å²) in [5.41, 5.74) is 6.10. The van der Waals surface area contributed by atoms with Crippen LogP contribution in [0.25, 0.3) is 0 Å². The van der Waals surface area contributed by atoms with E-state index in [9.17, 15) is 4.79 Å². The minimum Gasteiger partial charge on any atom is -0.353 e. The molecule has 0 heterocycles. The Bertz CT molecular complexity index is 356. The first-order chi connectivity index (χ1) is 8.06. The van der Waals surface area contributed by atoms with Crippen LogP contribution in [0.4, 0.5) is 0 Å². The van der Waals surface area contributed by atoms with Gasteiger partial charge in [-0.2, -0.15) is 0 Å². The second-order valence-corrected chi connectivity index (χ2v) is 7.90. The topological polar surface area (TPSA) is 55.1 Å². The fourth-order valence-corrected chi connectivity index (χ4v) is 4.08. The Hall–Kier alpha value is -0.570. The Kier molecular flexibility index (Phi) is 3.05. The lowest BCUT2D eigenvalue weighted by molar-refractivity contribution is -0.123. The van der Waals surface area contributed by atoms with Crippen LogP contribution in [0.15, 0.2) is 0 Å². The van der Waals surface area contributed by atoms with Crippen molar-refractivity contribution in [3.63, 3.8) is 0 Å². The Labute approximate surface area is 111 Å². The standard InChI is InChI=1S/C15H28N2O/c1-13(2,16)9-12(18)17-11-8-10-6-7-15(11,5)14(10,3)4/h10-11H,6-9,16H2,1-5H3,(H,17,18). The van der Waals surface area contributed by atoms with Crippen LogP contribution >= 0.6 is 0 Å². The highest BCUT2D eigenvalue weighted by atomic mass is 16.1. The molecule has 0 radical (unpaired) electrons. The molecular formula is C15H28N2O. The van der Waals surface area contributed by atoms with Crippen molar-refractivity contribution in [3.05, 3.63) is 0 Å². The van der Waals surface area contributed by atoms with Crippen LogP contribution in [-0.4, -0.2) is 17.5 Å². The van der Waals surface area contributed by atoms with Gasteiger partial charge >= 0.3 is 0 Å². The summed E-state index contributed by atoms with van der Waals surface area (Å²) in [6, 6.07) is 0.334. The van der Waals surface area contributed by atoms with E-state index in [1.165, 1.54) is 12.8 Å². The van der Waals surface area contributed by atoms with Crippen LogP contribution in [0, 0.1) is 16.7 Å². The summed E-state index contributed by atoms with van der Waals surface area (Å²) < 4.78 is 0. The lowest BCUT2D eigenvalue weighted by atomic mass is 9.69. The van der Waals surface area contributed by atoms with Gasteiger partial charge in [-0.1, -0.05) is 20.8 Å².